The summed E-state index contributed by atoms with van der Waals surface area (Å²) in [5.74, 6) is -1.21. The third-order valence-electron chi connectivity index (χ3n) is 2.89. The van der Waals surface area contributed by atoms with Gasteiger partial charge in [0.05, 0.1) is 4.92 Å². The van der Waals surface area contributed by atoms with Gasteiger partial charge in [0, 0.05) is 30.3 Å². The Labute approximate surface area is 115 Å². The second-order valence-electron chi connectivity index (χ2n) is 4.24. The highest BCUT2D eigenvalue weighted by molar-refractivity contribution is 5.96. The second kappa shape index (κ2) is 4.81. The number of carbonyl (C=O) groups excluding carboxylic acids is 1. The zero-order valence-corrected chi connectivity index (χ0v) is 10.2. The Kier molecular flexibility index (Phi) is 3.41. The van der Waals surface area contributed by atoms with Crippen LogP contribution in [0.15, 0.2) is 29.4 Å². The normalized spacial score (nSPS) is 21.6. The van der Waals surface area contributed by atoms with Gasteiger partial charge in [0.1, 0.15) is 0 Å². The Morgan fingerprint density at radius 3 is 2.43 bits per heavy atom. The van der Waals surface area contributed by atoms with Crippen molar-refractivity contribution in [2.75, 3.05) is 0 Å². The van der Waals surface area contributed by atoms with Crippen LogP contribution in [0.3, 0.4) is 0 Å². The molecule has 0 unspecified atom stereocenters. The van der Waals surface area contributed by atoms with Crippen molar-refractivity contribution in [3.8, 4) is 0 Å². The minimum atomic E-state index is -5.08. The van der Waals surface area contributed by atoms with Gasteiger partial charge in [-0.05, 0) is 12.1 Å². The zero-order chi connectivity index (χ0) is 15.8. The molecule has 21 heavy (non-hydrogen) atoms. The molecule has 0 fully saturated rings. The molecule has 0 aromatic heterocycles. The van der Waals surface area contributed by atoms with Crippen LogP contribution in [0.4, 0.5) is 18.9 Å². The summed E-state index contributed by atoms with van der Waals surface area (Å²) in [4.78, 5) is 21.7. The minimum absolute atomic E-state index is 0.0752. The van der Waals surface area contributed by atoms with Crippen molar-refractivity contribution >= 4 is 17.8 Å². The van der Waals surface area contributed by atoms with Crippen molar-refractivity contribution in [2.24, 2.45) is 5.10 Å². The Hall–Kier alpha value is -2.49. The van der Waals surface area contributed by atoms with Crippen molar-refractivity contribution in [1.29, 1.82) is 0 Å². The number of hydrogen-bond acceptors (Lipinski definition) is 5. The molecule has 1 heterocycles. The zero-order valence-electron chi connectivity index (χ0n) is 10.2. The molecular weight excluding hydrogens is 295 g/mol. The van der Waals surface area contributed by atoms with Gasteiger partial charge in [-0.1, -0.05) is 0 Å². The molecule has 1 amide bonds. The van der Waals surface area contributed by atoms with Gasteiger partial charge in [-0.15, -0.1) is 0 Å². The molecule has 0 radical (unpaired) electrons. The summed E-state index contributed by atoms with van der Waals surface area (Å²) in [6.07, 6.45) is -5.19. The lowest BCUT2D eigenvalue weighted by atomic mass is 10.1. The van der Waals surface area contributed by atoms with E-state index >= 15 is 0 Å². The molecule has 1 aromatic carbocycles. The smallest absolute Gasteiger partial charge is 0.362 e. The van der Waals surface area contributed by atoms with E-state index in [2.05, 4.69) is 5.10 Å². The molecule has 1 aromatic rings. The molecule has 1 aliphatic heterocycles. The lowest BCUT2D eigenvalue weighted by molar-refractivity contribution is -0.384. The fourth-order valence-corrected chi connectivity index (χ4v) is 1.74. The molecule has 1 atom stereocenters. The summed E-state index contributed by atoms with van der Waals surface area (Å²) >= 11 is 0. The van der Waals surface area contributed by atoms with Crippen molar-refractivity contribution in [3.05, 3.63) is 39.9 Å². The maximum Gasteiger partial charge on any atom is 0.438 e. The number of alkyl halides is 3. The molecule has 2 rings (SSSR count). The number of carbonyl (C=O) groups is 1. The first-order chi connectivity index (χ1) is 9.67. The van der Waals surface area contributed by atoms with Crippen LogP contribution in [0.5, 0.6) is 0 Å². The number of benzene rings is 1. The van der Waals surface area contributed by atoms with Crippen LogP contribution in [-0.2, 0) is 0 Å². The summed E-state index contributed by atoms with van der Waals surface area (Å²) in [6.45, 7) is 0. The van der Waals surface area contributed by atoms with Gasteiger partial charge in [-0.3, -0.25) is 14.9 Å². The van der Waals surface area contributed by atoms with Crippen molar-refractivity contribution in [2.45, 2.75) is 18.3 Å². The largest absolute Gasteiger partial charge is 0.438 e. The van der Waals surface area contributed by atoms with E-state index in [0.29, 0.717) is 0 Å². The Morgan fingerprint density at radius 1 is 1.38 bits per heavy atom. The first kappa shape index (κ1) is 14.9. The summed E-state index contributed by atoms with van der Waals surface area (Å²) in [6, 6.07) is 3.93. The van der Waals surface area contributed by atoms with E-state index in [1.54, 1.807) is 0 Å². The number of nitro benzene ring substituents is 1. The quantitative estimate of drug-likeness (QED) is 0.664. The number of non-ortho nitro benzene ring substituents is 1. The van der Waals surface area contributed by atoms with Crippen LogP contribution in [0.25, 0.3) is 0 Å². The van der Waals surface area contributed by atoms with E-state index < -0.39 is 29.2 Å². The molecule has 1 N–H and O–H groups in total. The van der Waals surface area contributed by atoms with E-state index in [-0.39, 0.29) is 16.3 Å². The minimum Gasteiger partial charge on any atom is -0.362 e. The highest BCUT2D eigenvalue weighted by Crippen LogP contribution is 2.39. The number of hydrazone groups is 1. The number of aliphatic hydroxyl groups is 1. The maximum absolute atomic E-state index is 12.8. The molecule has 10 heteroatoms. The Bertz CT molecular complexity index is 614. The number of rotatable bonds is 2. The topological polar surface area (TPSA) is 96.0 Å². The monoisotopic (exact) mass is 303 g/mol. The van der Waals surface area contributed by atoms with Crippen LogP contribution < -0.4 is 0 Å². The highest BCUT2D eigenvalue weighted by Gasteiger charge is 2.61. The first-order valence-electron chi connectivity index (χ1n) is 5.57. The van der Waals surface area contributed by atoms with Gasteiger partial charge in [0.2, 0.25) is 0 Å². The van der Waals surface area contributed by atoms with Gasteiger partial charge in [0.25, 0.3) is 17.3 Å². The van der Waals surface area contributed by atoms with Crippen molar-refractivity contribution in [3.63, 3.8) is 0 Å². The van der Waals surface area contributed by atoms with E-state index in [9.17, 15) is 33.2 Å². The molecule has 0 bridgehead atoms. The van der Waals surface area contributed by atoms with Gasteiger partial charge < -0.3 is 5.11 Å². The standard InChI is InChI=1S/C11H8F3N3O4/c12-11(13,14)10(19)5-6-15-16(10)9(18)7-1-3-8(4-2-7)17(20)21/h1-4,6,19H,5H2/t10-/m1/s1. The average molecular weight is 303 g/mol. The van der Waals surface area contributed by atoms with Gasteiger partial charge in [-0.25, -0.2) is 0 Å². The predicted molar refractivity (Wildman–Crippen MR) is 63.4 cm³/mol. The van der Waals surface area contributed by atoms with E-state index in [1.165, 1.54) is 0 Å². The summed E-state index contributed by atoms with van der Waals surface area (Å²) < 4.78 is 38.5. The first-order valence-corrected chi connectivity index (χ1v) is 5.57. The summed E-state index contributed by atoms with van der Waals surface area (Å²) in [5, 5.41) is 23.2. The van der Waals surface area contributed by atoms with Crippen molar-refractivity contribution in [1.82, 2.24) is 5.01 Å². The molecule has 0 saturated heterocycles. The molecule has 0 aliphatic carbocycles. The SMILES string of the molecule is O=C(c1ccc([N+](=O)[O-])cc1)N1N=CC[C@@]1(O)C(F)(F)F. The fourth-order valence-electron chi connectivity index (χ4n) is 1.74. The van der Waals surface area contributed by atoms with Crippen LogP contribution in [-0.4, -0.2) is 39.1 Å². The lowest BCUT2D eigenvalue weighted by Gasteiger charge is -2.32. The number of halogens is 3. The molecule has 112 valence electrons. The van der Waals surface area contributed by atoms with Gasteiger partial charge in [-0.2, -0.15) is 23.3 Å². The predicted octanol–water partition coefficient (Wildman–Crippen LogP) is 1.68. The molecular formula is C11H8F3N3O4. The molecule has 7 nitrogen and oxygen atoms in total. The number of hydrogen-bond donors (Lipinski definition) is 1. The third-order valence-corrected chi connectivity index (χ3v) is 2.89. The van der Waals surface area contributed by atoms with E-state index in [4.69, 9.17) is 0 Å². The summed E-state index contributed by atoms with van der Waals surface area (Å²) in [5.41, 5.74) is -3.99. The van der Waals surface area contributed by atoms with E-state index in [1.807, 2.05) is 0 Å². The van der Waals surface area contributed by atoms with Crippen LogP contribution in [0, 0.1) is 10.1 Å². The van der Waals surface area contributed by atoms with E-state index in [0.717, 1.165) is 30.5 Å². The van der Waals surface area contributed by atoms with Crippen LogP contribution in [0.1, 0.15) is 16.8 Å². The van der Waals surface area contributed by atoms with Gasteiger partial charge >= 0.3 is 6.18 Å². The van der Waals surface area contributed by atoms with Gasteiger partial charge in [0.15, 0.2) is 0 Å². The average Bonchev–Trinajstić information content (AvgIpc) is 2.81. The highest BCUT2D eigenvalue weighted by atomic mass is 19.4. The molecule has 1 aliphatic rings. The fraction of sp³-hybridized carbons (Fsp3) is 0.273. The second-order valence-corrected chi connectivity index (χ2v) is 4.24. The van der Waals surface area contributed by atoms with Crippen molar-refractivity contribution < 1.29 is 28.0 Å². The third kappa shape index (κ3) is 2.44. The van der Waals surface area contributed by atoms with Crippen LogP contribution in [0.2, 0.25) is 0 Å². The lowest BCUT2D eigenvalue weighted by Crippen LogP contribution is -2.56. The Morgan fingerprint density at radius 2 is 1.95 bits per heavy atom. The number of nitrogens with zero attached hydrogens (tertiary/aromatic N) is 3. The summed E-state index contributed by atoms with van der Waals surface area (Å²) in [7, 11) is 0. The number of nitro groups is 1. The Balaban J connectivity index is 2.31. The maximum atomic E-state index is 12.8. The van der Waals surface area contributed by atoms with Crippen LogP contribution >= 0.6 is 0 Å². The molecule has 0 spiro atoms. The molecule has 0 saturated carbocycles. The number of amides is 1.